The van der Waals surface area contributed by atoms with E-state index in [9.17, 15) is 0 Å². The Balaban J connectivity index is 1.29. The highest BCUT2D eigenvalue weighted by atomic mass is 16.5. The molecule has 4 rings (SSSR count). The zero-order valence-corrected chi connectivity index (χ0v) is 18.5. The van der Waals surface area contributed by atoms with Crippen LogP contribution < -0.4 is 10.6 Å². The van der Waals surface area contributed by atoms with Gasteiger partial charge in [0.25, 0.3) is 0 Å². The first-order valence-electron chi connectivity index (χ1n) is 10.8. The van der Waals surface area contributed by atoms with Crippen molar-refractivity contribution in [2.24, 2.45) is 0 Å². The number of hydrogen-bond donors (Lipinski definition) is 2. The first kappa shape index (κ1) is 21.4. The Morgan fingerprint density at radius 3 is 2.74 bits per heavy atom. The molecular formula is C21H31N9O. The number of imidazole rings is 1. The largest absolute Gasteiger partial charge is 0.383 e. The molecule has 2 N–H and O–H groups in total. The molecule has 1 fully saturated rings. The Morgan fingerprint density at radius 1 is 1.13 bits per heavy atom. The summed E-state index contributed by atoms with van der Waals surface area (Å²) in [6.07, 6.45) is 5.61. The van der Waals surface area contributed by atoms with Gasteiger partial charge in [-0.3, -0.25) is 0 Å². The molecule has 3 aromatic rings. The number of anilines is 2. The third-order valence-electron chi connectivity index (χ3n) is 5.78. The maximum Gasteiger partial charge on any atom is 0.165 e. The van der Waals surface area contributed by atoms with E-state index in [0.717, 1.165) is 79.9 Å². The SMILES string of the molecule is CNc1cc(C2CCN(CCNc3ncnc4c3ncn4CCOC)CC2)nc(C)n1. The quantitative estimate of drug-likeness (QED) is 0.532. The van der Waals surface area contributed by atoms with Gasteiger partial charge in [-0.1, -0.05) is 0 Å². The second-order valence-corrected chi connectivity index (χ2v) is 7.84. The zero-order valence-electron chi connectivity index (χ0n) is 18.5. The molecule has 1 aliphatic heterocycles. The molecule has 4 heterocycles. The molecule has 0 atom stereocenters. The van der Waals surface area contributed by atoms with Crippen molar-refractivity contribution in [3.8, 4) is 0 Å². The molecule has 10 heteroatoms. The van der Waals surface area contributed by atoms with Crippen LogP contribution in [-0.2, 0) is 11.3 Å². The van der Waals surface area contributed by atoms with Crippen LogP contribution in [0.5, 0.6) is 0 Å². The number of methoxy groups -OCH3 is 1. The third kappa shape index (κ3) is 5.08. The van der Waals surface area contributed by atoms with Gasteiger partial charge >= 0.3 is 0 Å². The summed E-state index contributed by atoms with van der Waals surface area (Å²) < 4.78 is 7.15. The molecule has 0 aromatic carbocycles. The molecule has 3 aromatic heterocycles. The molecule has 0 spiro atoms. The van der Waals surface area contributed by atoms with Crippen molar-refractivity contribution in [1.82, 2.24) is 34.4 Å². The Morgan fingerprint density at radius 2 is 1.97 bits per heavy atom. The number of aromatic nitrogens is 6. The maximum atomic E-state index is 5.16. The van der Waals surface area contributed by atoms with E-state index in [1.54, 1.807) is 19.8 Å². The van der Waals surface area contributed by atoms with Crippen LogP contribution in [-0.4, -0.2) is 81.3 Å². The van der Waals surface area contributed by atoms with Crippen molar-refractivity contribution < 1.29 is 4.74 Å². The number of rotatable bonds is 9. The third-order valence-corrected chi connectivity index (χ3v) is 5.78. The van der Waals surface area contributed by atoms with E-state index in [2.05, 4.69) is 46.5 Å². The fourth-order valence-corrected chi connectivity index (χ4v) is 4.08. The van der Waals surface area contributed by atoms with Gasteiger partial charge in [0.15, 0.2) is 11.5 Å². The normalized spacial score (nSPS) is 15.5. The van der Waals surface area contributed by atoms with Crippen molar-refractivity contribution >= 4 is 22.8 Å². The molecule has 0 aliphatic carbocycles. The molecule has 0 bridgehead atoms. The molecule has 0 saturated carbocycles. The second kappa shape index (κ2) is 9.97. The fraction of sp³-hybridized carbons (Fsp3) is 0.571. The van der Waals surface area contributed by atoms with Crippen LogP contribution in [0.1, 0.15) is 30.3 Å². The first-order valence-corrected chi connectivity index (χ1v) is 10.8. The Labute approximate surface area is 182 Å². The minimum absolute atomic E-state index is 0.496. The molecule has 0 radical (unpaired) electrons. The Hall–Kier alpha value is -2.85. The lowest BCUT2D eigenvalue weighted by atomic mass is 9.93. The molecule has 1 saturated heterocycles. The van der Waals surface area contributed by atoms with Crippen LogP contribution in [0.4, 0.5) is 11.6 Å². The average Bonchev–Trinajstić information content (AvgIpc) is 3.21. The summed E-state index contributed by atoms with van der Waals surface area (Å²) in [5, 5.41) is 6.57. The zero-order chi connectivity index (χ0) is 21.6. The Bertz CT molecular complexity index is 998. The van der Waals surface area contributed by atoms with E-state index in [4.69, 9.17) is 4.74 Å². The lowest BCUT2D eigenvalue weighted by Gasteiger charge is -2.31. The second-order valence-electron chi connectivity index (χ2n) is 7.84. The highest BCUT2D eigenvalue weighted by Gasteiger charge is 2.22. The van der Waals surface area contributed by atoms with E-state index in [1.165, 1.54) is 0 Å². The van der Waals surface area contributed by atoms with E-state index in [1.807, 2.05) is 18.5 Å². The van der Waals surface area contributed by atoms with Crippen molar-refractivity contribution in [1.29, 1.82) is 0 Å². The summed E-state index contributed by atoms with van der Waals surface area (Å²) >= 11 is 0. The minimum atomic E-state index is 0.496. The topological polar surface area (TPSA) is 106 Å². The predicted molar refractivity (Wildman–Crippen MR) is 120 cm³/mol. The first-order chi connectivity index (χ1) is 15.2. The van der Waals surface area contributed by atoms with Gasteiger partial charge in [-0.2, -0.15) is 0 Å². The smallest absolute Gasteiger partial charge is 0.165 e. The summed E-state index contributed by atoms with van der Waals surface area (Å²) in [4.78, 5) is 24.8. The van der Waals surface area contributed by atoms with Gasteiger partial charge in [0.2, 0.25) is 0 Å². The van der Waals surface area contributed by atoms with Gasteiger partial charge in [-0.25, -0.2) is 24.9 Å². The molecule has 0 amide bonds. The van der Waals surface area contributed by atoms with Crippen LogP contribution in [0.3, 0.4) is 0 Å². The number of nitrogens with zero attached hydrogens (tertiary/aromatic N) is 7. The summed E-state index contributed by atoms with van der Waals surface area (Å²) in [6.45, 7) is 7.21. The number of fused-ring (bicyclic) bond motifs is 1. The van der Waals surface area contributed by atoms with E-state index < -0.39 is 0 Å². The van der Waals surface area contributed by atoms with E-state index in [-0.39, 0.29) is 0 Å². The Kier molecular flexibility index (Phi) is 6.88. The number of aryl methyl sites for hydroxylation is 1. The number of nitrogens with one attached hydrogen (secondary N) is 2. The van der Waals surface area contributed by atoms with Gasteiger partial charge in [0, 0.05) is 51.5 Å². The summed E-state index contributed by atoms with van der Waals surface area (Å²) in [5.74, 6) is 3.01. The molecular weight excluding hydrogens is 394 g/mol. The molecule has 10 nitrogen and oxygen atoms in total. The highest BCUT2D eigenvalue weighted by molar-refractivity contribution is 5.82. The van der Waals surface area contributed by atoms with Crippen LogP contribution in [0.15, 0.2) is 18.7 Å². The number of piperidine rings is 1. The van der Waals surface area contributed by atoms with Crippen molar-refractivity contribution in [3.63, 3.8) is 0 Å². The van der Waals surface area contributed by atoms with Crippen molar-refractivity contribution in [2.75, 3.05) is 57.6 Å². The monoisotopic (exact) mass is 425 g/mol. The van der Waals surface area contributed by atoms with Crippen LogP contribution in [0.25, 0.3) is 11.2 Å². The van der Waals surface area contributed by atoms with Crippen molar-refractivity contribution in [3.05, 3.63) is 30.2 Å². The van der Waals surface area contributed by atoms with Crippen LogP contribution in [0, 0.1) is 6.92 Å². The standard InChI is InChI=1S/C21H31N9O/c1-15-27-17(12-18(22-2)28-15)16-4-7-29(8-5-16)9-6-23-20-19-21(25-13-24-20)30(14-26-19)10-11-31-3/h12-14,16H,4-11H2,1-3H3,(H,22,27,28)(H,23,24,25). The number of likely N-dealkylation sites (tertiary alicyclic amines) is 1. The van der Waals surface area contributed by atoms with E-state index >= 15 is 0 Å². The van der Waals surface area contributed by atoms with Crippen molar-refractivity contribution in [2.45, 2.75) is 32.2 Å². The molecule has 31 heavy (non-hydrogen) atoms. The van der Waals surface area contributed by atoms with Gasteiger partial charge in [-0.05, 0) is 32.9 Å². The minimum Gasteiger partial charge on any atom is -0.383 e. The van der Waals surface area contributed by atoms with Gasteiger partial charge < -0.3 is 24.8 Å². The van der Waals surface area contributed by atoms with Gasteiger partial charge in [-0.15, -0.1) is 0 Å². The molecule has 1 aliphatic rings. The summed E-state index contributed by atoms with van der Waals surface area (Å²) in [6, 6.07) is 2.08. The number of hydrogen-bond acceptors (Lipinski definition) is 9. The van der Waals surface area contributed by atoms with Crippen LogP contribution >= 0.6 is 0 Å². The van der Waals surface area contributed by atoms with E-state index in [0.29, 0.717) is 12.5 Å². The summed E-state index contributed by atoms with van der Waals surface area (Å²) in [5.41, 5.74) is 2.79. The van der Waals surface area contributed by atoms with Gasteiger partial charge in [0.1, 0.15) is 23.5 Å². The lowest BCUT2D eigenvalue weighted by Crippen LogP contribution is -2.36. The lowest BCUT2D eigenvalue weighted by molar-refractivity contribution is 0.188. The maximum absolute atomic E-state index is 5.16. The summed E-state index contributed by atoms with van der Waals surface area (Å²) in [7, 11) is 3.59. The average molecular weight is 426 g/mol. The van der Waals surface area contributed by atoms with Gasteiger partial charge in [0.05, 0.1) is 12.9 Å². The molecule has 166 valence electrons. The predicted octanol–water partition coefficient (Wildman–Crippen LogP) is 1.90. The van der Waals surface area contributed by atoms with Crippen LogP contribution in [0.2, 0.25) is 0 Å². The number of ether oxygens (including phenoxy) is 1. The molecule has 0 unspecified atom stereocenters. The fourth-order valence-electron chi connectivity index (χ4n) is 4.08. The highest BCUT2D eigenvalue weighted by Crippen LogP contribution is 2.27.